The number of nitrogens with zero attached hydrogens (tertiary/aromatic N) is 1. The summed E-state index contributed by atoms with van der Waals surface area (Å²) in [7, 11) is 1.57. The van der Waals surface area contributed by atoms with E-state index in [1.165, 1.54) is 6.08 Å². The molecule has 1 saturated heterocycles. The van der Waals surface area contributed by atoms with Crippen molar-refractivity contribution < 1.29 is 28.7 Å². The Balaban J connectivity index is 1.63. The second-order valence-electron chi connectivity index (χ2n) is 5.85. The van der Waals surface area contributed by atoms with Crippen LogP contribution in [0.3, 0.4) is 0 Å². The highest BCUT2D eigenvalue weighted by molar-refractivity contribution is 5.97. The Morgan fingerprint density at radius 3 is 2.59 bits per heavy atom. The number of esters is 1. The van der Waals surface area contributed by atoms with Gasteiger partial charge in [0.15, 0.2) is 6.61 Å². The topological polar surface area (TPSA) is 102 Å². The van der Waals surface area contributed by atoms with Crippen molar-refractivity contribution in [2.24, 2.45) is 0 Å². The van der Waals surface area contributed by atoms with E-state index in [1.807, 2.05) is 12.1 Å². The summed E-state index contributed by atoms with van der Waals surface area (Å²) in [5.74, 6) is -1.00. The van der Waals surface area contributed by atoms with Crippen LogP contribution in [0, 0.1) is 0 Å². The summed E-state index contributed by atoms with van der Waals surface area (Å²) in [4.78, 5) is 47.6. The number of amides is 3. The number of hydrogen-bond acceptors (Lipinski definition) is 6. The molecule has 0 atom stereocenters. The Labute approximate surface area is 157 Å². The fraction of sp³-hybridized carbons (Fsp3) is 0.368. The molecule has 0 spiro atoms. The summed E-state index contributed by atoms with van der Waals surface area (Å²) < 4.78 is 9.89. The molecule has 0 bridgehead atoms. The van der Waals surface area contributed by atoms with E-state index in [4.69, 9.17) is 9.47 Å². The normalized spacial score (nSPS) is 13.7. The SMILES string of the molecule is COc1ccc(/C=C/C(=O)NCCC(=O)OCC(=O)N2CCCC2=O)cc1. The van der Waals surface area contributed by atoms with E-state index in [1.54, 1.807) is 25.3 Å². The van der Waals surface area contributed by atoms with E-state index in [0.29, 0.717) is 19.4 Å². The van der Waals surface area contributed by atoms with E-state index in [2.05, 4.69) is 5.32 Å². The molecule has 1 aliphatic rings. The Bertz CT molecular complexity index is 726. The lowest BCUT2D eigenvalue weighted by molar-refractivity contribution is -0.154. The molecule has 3 amide bonds. The van der Waals surface area contributed by atoms with Gasteiger partial charge >= 0.3 is 5.97 Å². The second-order valence-corrected chi connectivity index (χ2v) is 5.85. The molecule has 2 rings (SSSR count). The summed E-state index contributed by atoms with van der Waals surface area (Å²) >= 11 is 0. The predicted molar refractivity (Wildman–Crippen MR) is 96.6 cm³/mol. The molecular weight excluding hydrogens is 352 g/mol. The minimum Gasteiger partial charge on any atom is -0.497 e. The molecule has 1 fully saturated rings. The third kappa shape index (κ3) is 6.58. The lowest BCUT2D eigenvalue weighted by Crippen LogP contribution is -2.35. The van der Waals surface area contributed by atoms with Crippen molar-refractivity contribution in [1.29, 1.82) is 0 Å². The molecule has 0 aliphatic carbocycles. The predicted octanol–water partition coefficient (Wildman–Crippen LogP) is 0.907. The zero-order valence-electron chi connectivity index (χ0n) is 15.1. The first kappa shape index (κ1) is 20.2. The maximum absolute atomic E-state index is 11.7. The van der Waals surface area contributed by atoms with Gasteiger partial charge in [-0.1, -0.05) is 12.1 Å². The van der Waals surface area contributed by atoms with Crippen molar-refractivity contribution in [3.05, 3.63) is 35.9 Å². The maximum Gasteiger partial charge on any atom is 0.308 e. The summed E-state index contributed by atoms with van der Waals surface area (Å²) in [6, 6.07) is 7.18. The molecule has 0 unspecified atom stereocenters. The minimum atomic E-state index is -0.616. The standard InChI is InChI=1S/C19H22N2O6/c1-26-15-7-4-14(5-8-15)6-9-16(22)20-11-10-19(25)27-13-18(24)21-12-2-3-17(21)23/h4-9H,2-3,10-13H2,1H3,(H,20,22)/b9-6+. The number of carbonyl (C=O) groups excluding carboxylic acids is 4. The van der Waals surface area contributed by atoms with Crippen LogP contribution in [-0.4, -0.2) is 55.4 Å². The molecule has 27 heavy (non-hydrogen) atoms. The van der Waals surface area contributed by atoms with Crippen LogP contribution in [0.4, 0.5) is 0 Å². The summed E-state index contributed by atoms with van der Waals surface area (Å²) in [6.07, 6.45) is 3.90. The average molecular weight is 374 g/mol. The summed E-state index contributed by atoms with van der Waals surface area (Å²) in [5.41, 5.74) is 0.834. The number of benzene rings is 1. The van der Waals surface area contributed by atoms with Crippen molar-refractivity contribution >= 4 is 29.8 Å². The number of carbonyl (C=O) groups is 4. The molecule has 0 saturated carbocycles. The number of rotatable bonds is 8. The van der Waals surface area contributed by atoms with Gasteiger partial charge in [0.05, 0.1) is 13.5 Å². The molecule has 1 aromatic carbocycles. The van der Waals surface area contributed by atoms with Crippen molar-refractivity contribution in [3.63, 3.8) is 0 Å². The van der Waals surface area contributed by atoms with E-state index in [0.717, 1.165) is 16.2 Å². The quantitative estimate of drug-likeness (QED) is 0.536. The van der Waals surface area contributed by atoms with E-state index in [9.17, 15) is 19.2 Å². The van der Waals surface area contributed by atoms with Gasteiger partial charge in [-0.15, -0.1) is 0 Å². The number of nitrogens with one attached hydrogen (secondary N) is 1. The molecule has 1 N–H and O–H groups in total. The maximum atomic E-state index is 11.7. The Morgan fingerprint density at radius 2 is 1.96 bits per heavy atom. The highest BCUT2D eigenvalue weighted by Gasteiger charge is 2.26. The van der Waals surface area contributed by atoms with Crippen LogP contribution in [0.15, 0.2) is 30.3 Å². The first-order valence-corrected chi connectivity index (χ1v) is 8.58. The number of methoxy groups -OCH3 is 1. The number of ether oxygens (including phenoxy) is 2. The molecule has 1 aromatic rings. The van der Waals surface area contributed by atoms with Gasteiger partial charge in [-0.3, -0.25) is 24.1 Å². The molecule has 1 aliphatic heterocycles. The third-order valence-corrected chi connectivity index (χ3v) is 3.90. The molecule has 0 radical (unpaired) electrons. The van der Waals surface area contributed by atoms with Gasteiger partial charge in [0.1, 0.15) is 5.75 Å². The lowest BCUT2D eigenvalue weighted by atomic mass is 10.2. The van der Waals surface area contributed by atoms with Gasteiger partial charge in [0.25, 0.3) is 5.91 Å². The zero-order valence-corrected chi connectivity index (χ0v) is 15.1. The van der Waals surface area contributed by atoms with Crippen LogP contribution in [0.5, 0.6) is 5.75 Å². The fourth-order valence-electron chi connectivity index (χ4n) is 2.44. The van der Waals surface area contributed by atoms with Crippen molar-refractivity contribution in [1.82, 2.24) is 10.2 Å². The van der Waals surface area contributed by atoms with Gasteiger partial charge in [0, 0.05) is 25.6 Å². The first-order valence-electron chi connectivity index (χ1n) is 8.58. The molecular formula is C19H22N2O6. The molecule has 144 valence electrons. The molecule has 8 nitrogen and oxygen atoms in total. The molecule has 0 aromatic heterocycles. The summed E-state index contributed by atoms with van der Waals surface area (Å²) in [6.45, 7) is -0.0108. The Morgan fingerprint density at radius 1 is 1.22 bits per heavy atom. The Kier molecular flexibility index (Phi) is 7.54. The van der Waals surface area contributed by atoms with Crippen LogP contribution in [-0.2, 0) is 23.9 Å². The lowest BCUT2D eigenvalue weighted by Gasteiger charge is -2.13. The third-order valence-electron chi connectivity index (χ3n) is 3.90. The summed E-state index contributed by atoms with van der Waals surface area (Å²) in [5, 5.41) is 2.56. The van der Waals surface area contributed by atoms with E-state index in [-0.39, 0.29) is 24.8 Å². The minimum absolute atomic E-state index is 0.0661. The van der Waals surface area contributed by atoms with Crippen LogP contribution in [0.2, 0.25) is 0 Å². The van der Waals surface area contributed by atoms with Gasteiger partial charge in [-0.25, -0.2) is 0 Å². The van der Waals surface area contributed by atoms with E-state index >= 15 is 0 Å². The monoisotopic (exact) mass is 374 g/mol. The van der Waals surface area contributed by atoms with Crippen molar-refractivity contribution in [2.45, 2.75) is 19.3 Å². The average Bonchev–Trinajstić information content (AvgIpc) is 3.11. The van der Waals surface area contributed by atoms with E-state index < -0.39 is 18.5 Å². The zero-order chi connectivity index (χ0) is 19.6. The van der Waals surface area contributed by atoms with Crippen LogP contribution < -0.4 is 10.1 Å². The first-order chi connectivity index (χ1) is 13.0. The largest absolute Gasteiger partial charge is 0.497 e. The fourth-order valence-corrected chi connectivity index (χ4v) is 2.44. The van der Waals surface area contributed by atoms with Gasteiger partial charge in [-0.2, -0.15) is 0 Å². The van der Waals surface area contributed by atoms with Crippen molar-refractivity contribution in [2.75, 3.05) is 26.8 Å². The molecule has 8 heteroatoms. The number of hydrogen-bond donors (Lipinski definition) is 1. The van der Waals surface area contributed by atoms with Crippen LogP contribution in [0.1, 0.15) is 24.8 Å². The smallest absolute Gasteiger partial charge is 0.308 e. The van der Waals surface area contributed by atoms with Gasteiger partial charge in [0.2, 0.25) is 11.8 Å². The van der Waals surface area contributed by atoms with Crippen LogP contribution >= 0.6 is 0 Å². The number of imide groups is 1. The van der Waals surface area contributed by atoms with Gasteiger partial charge in [-0.05, 0) is 30.2 Å². The van der Waals surface area contributed by atoms with Gasteiger partial charge < -0.3 is 14.8 Å². The number of likely N-dealkylation sites (tertiary alicyclic amines) is 1. The Hall–Kier alpha value is -3.16. The second kappa shape index (κ2) is 10.1. The molecule has 1 heterocycles. The highest BCUT2D eigenvalue weighted by atomic mass is 16.5. The van der Waals surface area contributed by atoms with Crippen LogP contribution in [0.25, 0.3) is 6.08 Å². The van der Waals surface area contributed by atoms with Crippen molar-refractivity contribution in [3.8, 4) is 5.75 Å². The highest BCUT2D eigenvalue weighted by Crippen LogP contribution is 2.12.